The molecule has 64 valence electrons. The SMILES string of the molecule is NC(C=O)c1cc(O)ccc1Br. The first kappa shape index (κ1) is 9.22. The highest BCUT2D eigenvalue weighted by atomic mass is 79.9. The molecule has 4 heteroatoms. The molecule has 1 unspecified atom stereocenters. The van der Waals surface area contributed by atoms with Crippen LogP contribution in [-0.4, -0.2) is 11.4 Å². The largest absolute Gasteiger partial charge is 0.508 e. The summed E-state index contributed by atoms with van der Waals surface area (Å²) >= 11 is 3.22. The van der Waals surface area contributed by atoms with Crippen molar-refractivity contribution < 1.29 is 9.90 Å². The van der Waals surface area contributed by atoms with Crippen molar-refractivity contribution in [3.8, 4) is 5.75 Å². The van der Waals surface area contributed by atoms with Gasteiger partial charge in [0.15, 0.2) is 0 Å². The quantitative estimate of drug-likeness (QED) is 0.754. The van der Waals surface area contributed by atoms with E-state index < -0.39 is 6.04 Å². The van der Waals surface area contributed by atoms with Gasteiger partial charge in [0.2, 0.25) is 0 Å². The average molecular weight is 230 g/mol. The predicted molar refractivity (Wildman–Crippen MR) is 48.8 cm³/mol. The number of aromatic hydroxyl groups is 1. The Morgan fingerprint density at radius 2 is 2.25 bits per heavy atom. The Bertz CT molecular complexity index is 301. The van der Waals surface area contributed by atoms with Gasteiger partial charge >= 0.3 is 0 Å². The number of hydrogen-bond donors (Lipinski definition) is 2. The van der Waals surface area contributed by atoms with Crippen molar-refractivity contribution in [3.05, 3.63) is 28.2 Å². The van der Waals surface area contributed by atoms with Crippen molar-refractivity contribution in [2.45, 2.75) is 6.04 Å². The maximum Gasteiger partial charge on any atom is 0.141 e. The summed E-state index contributed by atoms with van der Waals surface area (Å²) in [5, 5.41) is 9.09. The minimum atomic E-state index is -0.688. The molecule has 0 radical (unpaired) electrons. The van der Waals surface area contributed by atoms with E-state index >= 15 is 0 Å². The molecule has 0 spiro atoms. The third kappa shape index (κ3) is 1.84. The molecule has 0 aliphatic heterocycles. The molecule has 1 rings (SSSR count). The lowest BCUT2D eigenvalue weighted by Gasteiger charge is -2.06. The molecule has 0 amide bonds. The van der Waals surface area contributed by atoms with Gasteiger partial charge in [-0.05, 0) is 23.8 Å². The molecule has 1 atom stereocenters. The van der Waals surface area contributed by atoms with Crippen molar-refractivity contribution in [2.24, 2.45) is 5.73 Å². The molecule has 0 saturated carbocycles. The molecule has 3 nitrogen and oxygen atoms in total. The van der Waals surface area contributed by atoms with E-state index in [1.165, 1.54) is 12.1 Å². The van der Waals surface area contributed by atoms with Crippen LogP contribution in [0.4, 0.5) is 0 Å². The molecule has 0 aliphatic carbocycles. The summed E-state index contributed by atoms with van der Waals surface area (Å²) in [7, 11) is 0. The number of nitrogens with two attached hydrogens (primary N) is 1. The zero-order chi connectivity index (χ0) is 9.14. The van der Waals surface area contributed by atoms with E-state index in [4.69, 9.17) is 10.8 Å². The molecule has 0 bridgehead atoms. The van der Waals surface area contributed by atoms with Crippen LogP contribution >= 0.6 is 15.9 Å². The zero-order valence-corrected chi connectivity index (χ0v) is 7.78. The Labute approximate surface area is 78.3 Å². The number of carbonyl (C=O) groups is 1. The Hall–Kier alpha value is -0.870. The molecular formula is C8H8BrNO2. The molecule has 0 fully saturated rings. The summed E-state index contributed by atoms with van der Waals surface area (Å²) in [5.41, 5.74) is 6.04. The van der Waals surface area contributed by atoms with E-state index in [1.54, 1.807) is 6.07 Å². The van der Waals surface area contributed by atoms with Crippen molar-refractivity contribution in [2.75, 3.05) is 0 Å². The third-order valence-corrected chi connectivity index (χ3v) is 2.21. The number of rotatable bonds is 2. The van der Waals surface area contributed by atoms with Gasteiger partial charge in [-0.25, -0.2) is 0 Å². The van der Waals surface area contributed by atoms with Crippen LogP contribution in [0.2, 0.25) is 0 Å². The van der Waals surface area contributed by atoms with Crippen LogP contribution in [0.1, 0.15) is 11.6 Å². The van der Waals surface area contributed by atoms with E-state index in [-0.39, 0.29) is 5.75 Å². The fourth-order valence-electron chi connectivity index (χ4n) is 0.860. The van der Waals surface area contributed by atoms with Crippen molar-refractivity contribution >= 4 is 22.2 Å². The van der Waals surface area contributed by atoms with Gasteiger partial charge in [-0.15, -0.1) is 0 Å². The molecule has 0 heterocycles. The molecule has 0 saturated heterocycles. The van der Waals surface area contributed by atoms with Crippen LogP contribution in [0.3, 0.4) is 0 Å². The zero-order valence-electron chi connectivity index (χ0n) is 6.20. The Kier molecular flexibility index (Phi) is 2.83. The standard InChI is InChI=1S/C8H8BrNO2/c9-7-2-1-5(12)3-6(7)8(10)4-11/h1-4,8,12H,10H2. The van der Waals surface area contributed by atoms with Crippen molar-refractivity contribution in [1.82, 2.24) is 0 Å². The van der Waals surface area contributed by atoms with Crippen LogP contribution in [0.25, 0.3) is 0 Å². The summed E-state index contributed by atoms with van der Waals surface area (Å²) in [6, 6.07) is 3.94. The van der Waals surface area contributed by atoms with Gasteiger partial charge in [-0.2, -0.15) is 0 Å². The van der Waals surface area contributed by atoms with Crippen molar-refractivity contribution in [3.63, 3.8) is 0 Å². The second-order valence-electron chi connectivity index (χ2n) is 2.37. The maximum atomic E-state index is 10.3. The van der Waals surface area contributed by atoms with E-state index in [0.29, 0.717) is 11.8 Å². The molecule has 3 N–H and O–H groups in total. The molecule has 0 aromatic heterocycles. The first-order valence-electron chi connectivity index (χ1n) is 3.34. The number of benzene rings is 1. The monoisotopic (exact) mass is 229 g/mol. The van der Waals surface area contributed by atoms with E-state index in [1.807, 2.05) is 0 Å². The minimum Gasteiger partial charge on any atom is -0.508 e. The average Bonchev–Trinajstić information content (AvgIpc) is 2.08. The molecule has 0 aliphatic rings. The molecular weight excluding hydrogens is 222 g/mol. The number of phenols is 1. The second kappa shape index (κ2) is 3.69. The number of hydrogen-bond acceptors (Lipinski definition) is 3. The number of halogens is 1. The fourth-order valence-corrected chi connectivity index (χ4v) is 1.37. The Morgan fingerprint density at radius 3 is 2.83 bits per heavy atom. The summed E-state index contributed by atoms with van der Waals surface area (Å²) in [6.45, 7) is 0. The smallest absolute Gasteiger partial charge is 0.141 e. The third-order valence-electron chi connectivity index (χ3n) is 1.49. The molecule has 1 aromatic rings. The second-order valence-corrected chi connectivity index (χ2v) is 3.22. The Morgan fingerprint density at radius 1 is 1.58 bits per heavy atom. The van der Waals surface area contributed by atoms with Gasteiger partial charge < -0.3 is 15.6 Å². The number of phenolic OH excluding ortho intramolecular Hbond substituents is 1. The lowest BCUT2D eigenvalue weighted by Crippen LogP contribution is -2.11. The normalized spacial score (nSPS) is 12.5. The summed E-state index contributed by atoms with van der Waals surface area (Å²) in [6.07, 6.45) is 0.625. The van der Waals surface area contributed by atoms with Crippen LogP contribution in [-0.2, 0) is 4.79 Å². The first-order valence-corrected chi connectivity index (χ1v) is 4.13. The summed E-state index contributed by atoms with van der Waals surface area (Å²) < 4.78 is 0.722. The Balaban J connectivity index is 3.12. The van der Waals surface area contributed by atoms with Crippen LogP contribution in [0.15, 0.2) is 22.7 Å². The lowest BCUT2D eigenvalue weighted by molar-refractivity contribution is -0.109. The van der Waals surface area contributed by atoms with Gasteiger partial charge in [-0.1, -0.05) is 15.9 Å². The van der Waals surface area contributed by atoms with Gasteiger partial charge in [0.25, 0.3) is 0 Å². The van der Waals surface area contributed by atoms with Crippen LogP contribution in [0, 0.1) is 0 Å². The minimum absolute atomic E-state index is 0.102. The van der Waals surface area contributed by atoms with Gasteiger partial charge in [0.05, 0.1) is 6.04 Å². The van der Waals surface area contributed by atoms with E-state index in [2.05, 4.69) is 15.9 Å². The van der Waals surface area contributed by atoms with Gasteiger partial charge in [0.1, 0.15) is 12.0 Å². The summed E-state index contributed by atoms with van der Waals surface area (Å²) in [4.78, 5) is 10.3. The van der Waals surface area contributed by atoms with Crippen molar-refractivity contribution in [1.29, 1.82) is 0 Å². The summed E-state index contributed by atoms with van der Waals surface area (Å²) in [5.74, 6) is 0.102. The lowest BCUT2D eigenvalue weighted by atomic mass is 10.1. The topological polar surface area (TPSA) is 63.3 Å². The maximum absolute atomic E-state index is 10.3. The van der Waals surface area contributed by atoms with Crippen LogP contribution < -0.4 is 5.73 Å². The van der Waals surface area contributed by atoms with Gasteiger partial charge in [-0.3, -0.25) is 0 Å². The molecule has 12 heavy (non-hydrogen) atoms. The van der Waals surface area contributed by atoms with Crippen LogP contribution in [0.5, 0.6) is 5.75 Å². The van der Waals surface area contributed by atoms with E-state index in [0.717, 1.165) is 4.47 Å². The number of carbonyl (C=O) groups excluding carboxylic acids is 1. The molecule has 1 aromatic carbocycles. The first-order chi connectivity index (χ1) is 5.65. The van der Waals surface area contributed by atoms with E-state index in [9.17, 15) is 4.79 Å². The highest BCUT2D eigenvalue weighted by molar-refractivity contribution is 9.10. The fraction of sp³-hybridized carbons (Fsp3) is 0.125. The van der Waals surface area contributed by atoms with Gasteiger partial charge in [0, 0.05) is 4.47 Å². The predicted octanol–water partition coefficient (Wildman–Crippen LogP) is 1.35. The highest BCUT2D eigenvalue weighted by Gasteiger charge is 2.08. The number of aldehydes is 1. The highest BCUT2D eigenvalue weighted by Crippen LogP contribution is 2.24.